The fourth-order valence-electron chi connectivity index (χ4n) is 15.4. The molecule has 0 radical (unpaired) electrons. The summed E-state index contributed by atoms with van der Waals surface area (Å²) in [4.78, 5) is 15.2. The maximum Gasteiger partial charge on any atom is 0.402 e. The van der Waals surface area contributed by atoms with Gasteiger partial charge in [-0.1, -0.05) is 401 Å². The van der Waals surface area contributed by atoms with E-state index in [2.05, 4.69) is 389 Å². The van der Waals surface area contributed by atoms with Gasteiger partial charge in [-0.25, -0.2) is 4.79 Å². The molecule has 0 unspecified atom stereocenters. The molecule has 7 nitrogen and oxygen atoms in total. The minimum atomic E-state index is -4.32. The van der Waals surface area contributed by atoms with Gasteiger partial charge in [-0.15, -0.1) is 0 Å². The van der Waals surface area contributed by atoms with Gasteiger partial charge in [-0.2, -0.15) is 0 Å². The van der Waals surface area contributed by atoms with Crippen LogP contribution >= 0.6 is 0 Å². The van der Waals surface area contributed by atoms with Crippen molar-refractivity contribution in [2.75, 3.05) is 0 Å². The van der Waals surface area contributed by atoms with Gasteiger partial charge in [0.15, 0.2) is 8.32 Å². The molecule has 0 saturated heterocycles. The average molecular weight is 1520 g/mol. The van der Waals surface area contributed by atoms with Crippen LogP contribution in [0.5, 0.6) is 0 Å². The predicted octanol–water partition coefficient (Wildman–Crippen LogP) is 20.5. The topological polar surface area (TPSA) is 72.5 Å². The van der Waals surface area contributed by atoms with E-state index in [1.807, 2.05) is 12.1 Å². The Morgan fingerprint density at radius 1 is 0.204 bits per heavy atom. The second kappa shape index (κ2) is 37.3. The molecule has 0 saturated carbocycles. The number of hydrogen-bond acceptors (Lipinski definition) is 7. The Morgan fingerprint density at radius 3 is 0.491 bits per heavy atom. The van der Waals surface area contributed by atoms with Crippen LogP contribution in [0.25, 0.3) is 0 Å². The summed E-state index contributed by atoms with van der Waals surface area (Å²) in [6.07, 6.45) is 0. The largest absolute Gasteiger partial charge is 0.491 e. The van der Waals surface area contributed by atoms with Gasteiger partial charge in [-0.3, -0.25) is 0 Å². The summed E-state index contributed by atoms with van der Waals surface area (Å²) < 4.78 is 53.7. The molecule has 0 bridgehead atoms. The Hall–Kier alpha value is -9.83. The van der Waals surface area contributed by atoms with Crippen LogP contribution in [0.2, 0.25) is 0 Å². The summed E-state index contributed by atoms with van der Waals surface area (Å²) in [6, 6.07) is 147. The lowest BCUT2D eigenvalue weighted by atomic mass is 10.2. The maximum atomic E-state index is 15.2. The van der Waals surface area contributed by atoms with Crippen molar-refractivity contribution in [1.29, 1.82) is 0 Å². The molecule has 0 N–H and O–H groups in total. The summed E-state index contributed by atoms with van der Waals surface area (Å²) in [5.41, 5.74) is 14.6. The molecule has 0 amide bonds. The Balaban J connectivity index is 1.14. The van der Waals surface area contributed by atoms with Crippen molar-refractivity contribution in [3.05, 3.63) is 479 Å². The highest BCUT2D eigenvalue weighted by molar-refractivity contribution is 6.92. The third-order valence-electron chi connectivity index (χ3n) is 19.8. The first-order valence-corrected chi connectivity index (χ1v) is 51.5. The monoisotopic (exact) mass is 1520 g/mol. The van der Waals surface area contributed by atoms with E-state index in [1.54, 1.807) is 6.92 Å². The quantitative estimate of drug-likeness (QED) is 0.0282. The van der Waals surface area contributed by atoms with Crippen LogP contribution in [0.15, 0.2) is 406 Å². The van der Waals surface area contributed by atoms with Crippen LogP contribution in [0.3, 0.4) is 0 Å². The van der Waals surface area contributed by atoms with E-state index < -0.39 is 57.1 Å². The van der Waals surface area contributed by atoms with E-state index in [0.717, 1.165) is 55.6 Å². The van der Waals surface area contributed by atoms with Crippen molar-refractivity contribution >= 4 is 57.1 Å². The Kier molecular flexibility index (Phi) is 26.4. The van der Waals surface area contributed by atoms with Crippen LogP contribution in [-0.2, 0) is 108 Å². The maximum absolute atomic E-state index is 15.2. The summed E-state index contributed by atoms with van der Waals surface area (Å²) in [7, 11) is -24.3. The van der Waals surface area contributed by atoms with Crippen molar-refractivity contribution in [2.45, 2.75) is 85.5 Å². The van der Waals surface area contributed by atoms with Crippen molar-refractivity contribution in [1.82, 2.24) is 0 Å². The highest BCUT2D eigenvalue weighted by atomic mass is 28.5. The fourth-order valence-corrected chi connectivity index (χ4v) is 51.0. The number of hydrogen-bond donors (Lipinski definition) is 0. The van der Waals surface area contributed by atoms with Crippen LogP contribution in [-0.4, -0.2) is 57.1 Å². The molecular formula is C95H96O7Si6. The summed E-state index contributed by atoms with van der Waals surface area (Å²) in [5.74, 6) is -0.501. The smallest absolute Gasteiger partial charge is 0.402 e. The summed E-state index contributed by atoms with van der Waals surface area (Å²) >= 11 is 0. The molecule has 13 rings (SSSR count). The SMILES string of the molecule is C=C(C)C(=O)O[Si](Cc1ccccc1)(Cc1ccccc1)O[Si](Cc1ccccc1)(Cc1ccccc1)O[Si](Cc1ccccc1)(Cc1ccccc1)O[Si](Cc1ccccc1)(Cc1ccccc1)O[Si](Cc1ccccc1)(Cc1ccccc1)O[Si](Cc1ccccc1)(Cc1ccccc1)Cc1ccccc1. The minimum Gasteiger partial charge on any atom is -0.491 e. The van der Waals surface area contributed by atoms with Crippen LogP contribution in [0, 0.1) is 0 Å². The zero-order valence-electron chi connectivity index (χ0n) is 61.8. The van der Waals surface area contributed by atoms with Crippen molar-refractivity contribution in [3.63, 3.8) is 0 Å². The number of rotatable bonds is 38. The molecule has 0 aromatic heterocycles. The number of carbonyl (C=O) groups is 1. The van der Waals surface area contributed by atoms with E-state index in [9.17, 15) is 16.5 Å². The average Bonchev–Trinajstić information content (AvgIpc) is 0.740. The van der Waals surface area contributed by atoms with E-state index in [-0.39, 0.29) is 5.57 Å². The zero-order chi connectivity index (χ0) is 74.1. The van der Waals surface area contributed by atoms with Crippen LogP contribution < -0.4 is 0 Å². The lowest BCUT2D eigenvalue weighted by Gasteiger charge is -2.51. The molecule has 13 aromatic rings. The molecule has 0 aliphatic heterocycles. The fraction of sp³-hybridized carbons (Fsp3) is 0.147. The first kappa shape index (κ1) is 76.4. The third kappa shape index (κ3) is 22.2. The predicted molar refractivity (Wildman–Crippen MR) is 453 cm³/mol. The lowest BCUT2D eigenvalue weighted by Crippen LogP contribution is -2.72. The van der Waals surface area contributed by atoms with Gasteiger partial charge < -0.3 is 25.0 Å². The molecule has 0 aliphatic rings. The zero-order valence-corrected chi connectivity index (χ0v) is 67.8. The van der Waals surface area contributed by atoms with Gasteiger partial charge in [0.1, 0.15) is 0 Å². The van der Waals surface area contributed by atoms with Crippen LogP contribution in [0.1, 0.15) is 79.2 Å². The highest BCUT2D eigenvalue weighted by Crippen LogP contribution is 2.42. The van der Waals surface area contributed by atoms with E-state index in [4.69, 9.17) is 8.54 Å². The molecule has 13 heteroatoms. The summed E-state index contributed by atoms with van der Waals surface area (Å²) in [6.45, 7) is 5.99. The Morgan fingerprint density at radius 2 is 0.333 bits per heavy atom. The summed E-state index contributed by atoms with van der Waals surface area (Å²) in [5, 5.41) is 0. The Labute approximate surface area is 646 Å². The molecule has 13 aromatic carbocycles. The molecule has 0 heterocycles. The molecule has 0 aliphatic carbocycles. The van der Waals surface area contributed by atoms with Gasteiger partial charge >= 0.3 is 48.8 Å². The van der Waals surface area contributed by atoms with E-state index in [1.165, 1.54) is 16.7 Å². The second-order valence-corrected chi connectivity index (χ2v) is 49.4. The van der Waals surface area contributed by atoms with Gasteiger partial charge in [0.2, 0.25) is 0 Å². The first-order valence-electron chi connectivity index (χ1n) is 37.8. The molecule has 0 atom stereocenters. The van der Waals surface area contributed by atoms with E-state index in [0.29, 0.717) is 78.6 Å². The van der Waals surface area contributed by atoms with Crippen molar-refractivity contribution in [2.24, 2.45) is 0 Å². The Bertz CT molecular complexity index is 4520. The van der Waals surface area contributed by atoms with Crippen LogP contribution in [0.4, 0.5) is 0 Å². The first-order chi connectivity index (χ1) is 52.9. The molecule has 0 spiro atoms. The van der Waals surface area contributed by atoms with Gasteiger partial charge in [0, 0.05) is 66.0 Å². The third-order valence-corrected chi connectivity index (χ3v) is 48.1. The molecule has 108 heavy (non-hydrogen) atoms. The number of carbonyl (C=O) groups excluding carboxylic acids is 1. The lowest BCUT2D eigenvalue weighted by molar-refractivity contribution is -0.132. The molecule has 0 fully saturated rings. The normalized spacial score (nSPS) is 12.1. The van der Waals surface area contributed by atoms with Gasteiger partial charge in [0.05, 0.1) is 0 Å². The molecular weight excluding hydrogens is 1420 g/mol. The highest BCUT2D eigenvalue weighted by Gasteiger charge is 2.61. The van der Waals surface area contributed by atoms with Crippen molar-refractivity contribution in [3.8, 4) is 0 Å². The number of benzene rings is 13. The van der Waals surface area contributed by atoms with E-state index >= 15 is 4.79 Å². The van der Waals surface area contributed by atoms with Crippen molar-refractivity contribution < 1.29 is 29.8 Å². The minimum absolute atomic E-state index is 0.287. The second-order valence-electron chi connectivity index (χ2n) is 29.0. The molecule has 542 valence electrons. The van der Waals surface area contributed by atoms with Gasteiger partial charge in [0.25, 0.3) is 0 Å². The van der Waals surface area contributed by atoms with Gasteiger partial charge in [-0.05, 0) is 97.4 Å². The standard InChI is InChI=1S/C95H96O7Si6/c1-81(2)95(96)97-104(71-85-48-22-6-23-49-85,72-86-50-24-7-25-51-86)99-106(75-89-56-30-10-31-57-89,76-90-58-32-11-33-59-90)101-108(79-93-64-38-14-39-65-93,80-94-66-40-15-41-67-94)102-107(77-91-60-34-12-35-61-91,78-92-62-36-13-37-63-92)100-105(73-87-52-26-8-27-53-87,74-88-54-28-9-29-55-88)98-103(68-82-42-16-3-17-43-82,69-83-44-18-4-19-45-83)70-84-46-20-5-21-47-84/h3-67H,1,68-80H2,2H3.